The van der Waals surface area contributed by atoms with Crippen LogP contribution in [0.4, 0.5) is 5.69 Å². The molecule has 0 amide bonds. The molecule has 3 aromatic heterocycles. The van der Waals surface area contributed by atoms with Gasteiger partial charge in [-0.05, 0) is 49.2 Å². The van der Waals surface area contributed by atoms with Gasteiger partial charge in [0.15, 0.2) is 0 Å². The van der Waals surface area contributed by atoms with Gasteiger partial charge in [0, 0.05) is 24.3 Å². The number of aliphatic hydroxyl groups excluding tert-OH is 1. The lowest BCUT2D eigenvalue weighted by molar-refractivity contribution is 0.0695. The number of carboxylic acids is 1. The van der Waals surface area contributed by atoms with Crippen molar-refractivity contribution >= 4 is 45.8 Å². The molecular weight excluding hydrogens is 519 g/mol. The van der Waals surface area contributed by atoms with Crippen molar-refractivity contribution in [2.24, 2.45) is 0 Å². The SMILES string of the molecule is O=C(O)c1cn(-c2ccc(CO)nc2)c2cc(N3CCC[C@@H]3COc3ncccc3Cl)c(Cl)cc2c1=O. The third kappa shape index (κ3) is 4.85. The zero-order valence-corrected chi connectivity index (χ0v) is 21.0. The molecule has 1 aromatic carbocycles. The van der Waals surface area contributed by atoms with Crippen molar-refractivity contribution in [1.29, 1.82) is 0 Å². The second-order valence-corrected chi connectivity index (χ2v) is 9.44. The van der Waals surface area contributed by atoms with Gasteiger partial charge in [0.05, 0.1) is 46.5 Å². The average molecular weight is 541 g/mol. The molecule has 4 heterocycles. The smallest absolute Gasteiger partial charge is 0.341 e. The number of aromatic nitrogens is 3. The summed E-state index contributed by atoms with van der Waals surface area (Å²) in [6, 6.07) is 10.1. The molecule has 4 aromatic rings. The maximum Gasteiger partial charge on any atom is 0.341 e. The van der Waals surface area contributed by atoms with Gasteiger partial charge in [-0.25, -0.2) is 9.78 Å². The van der Waals surface area contributed by atoms with E-state index in [1.807, 2.05) is 0 Å². The lowest BCUT2D eigenvalue weighted by atomic mass is 10.1. The van der Waals surface area contributed by atoms with Crippen LogP contribution in [0.1, 0.15) is 28.9 Å². The fraction of sp³-hybridized carbons (Fsp3) is 0.231. The standard InChI is InChI=1S/C26H22Cl2N4O5/c27-20-4-1-7-29-25(20)37-14-17-3-2-8-31(17)23-10-22-18(9-21(23)28)24(34)19(26(35)36)12-32(22)16-6-5-15(13-33)30-11-16/h1,4-7,9-12,17,33H,2-3,8,13-14H2,(H,35,36)/t17-/m1/s1. The monoisotopic (exact) mass is 540 g/mol. The van der Waals surface area contributed by atoms with Crippen LogP contribution in [-0.2, 0) is 6.61 Å². The number of aromatic carboxylic acids is 1. The molecule has 0 radical (unpaired) electrons. The predicted octanol–water partition coefficient (Wildman–Crippen LogP) is 4.33. The minimum atomic E-state index is -1.34. The van der Waals surface area contributed by atoms with Crippen LogP contribution in [0, 0.1) is 0 Å². The van der Waals surface area contributed by atoms with E-state index in [1.165, 1.54) is 18.5 Å². The maximum absolute atomic E-state index is 13.0. The van der Waals surface area contributed by atoms with Crippen molar-refractivity contribution in [3.63, 3.8) is 0 Å². The van der Waals surface area contributed by atoms with E-state index in [4.69, 9.17) is 27.9 Å². The number of pyridine rings is 3. The highest BCUT2D eigenvalue weighted by molar-refractivity contribution is 6.34. The van der Waals surface area contributed by atoms with Crippen LogP contribution in [0.25, 0.3) is 16.6 Å². The zero-order chi connectivity index (χ0) is 26.1. The highest BCUT2D eigenvalue weighted by atomic mass is 35.5. The van der Waals surface area contributed by atoms with Gasteiger partial charge in [0.2, 0.25) is 11.3 Å². The maximum atomic E-state index is 13.0. The molecule has 1 fully saturated rings. The molecule has 37 heavy (non-hydrogen) atoms. The largest absolute Gasteiger partial charge is 0.477 e. The number of ether oxygens (including phenoxy) is 1. The topological polar surface area (TPSA) is 118 Å². The predicted molar refractivity (Wildman–Crippen MR) is 140 cm³/mol. The normalized spacial score (nSPS) is 15.3. The number of halogens is 2. The van der Waals surface area contributed by atoms with E-state index in [0.29, 0.717) is 45.1 Å². The molecule has 190 valence electrons. The fourth-order valence-electron chi connectivity index (χ4n) is 4.55. The molecule has 1 aliphatic heterocycles. The minimum absolute atomic E-state index is 0.0167. The van der Waals surface area contributed by atoms with Crippen molar-refractivity contribution in [3.05, 3.63) is 86.5 Å². The van der Waals surface area contributed by atoms with Crippen LogP contribution in [0.15, 0.2) is 59.8 Å². The van der Waals surface area contributed by atoms with Crippen LogP contribution in [0.2, 0.25) is 10.0 Å². The molecule has 1 atom stereocenters. The summed E-state index contributed by atoms with van der Waals surface area (Å²) in [5.74, 6) is -0.986. The first-order valence-electron chi connectivity index (χ1n) is 11.6. The molecule has 0 bridgehead atoms. The van der Waals surface area contributed by atoms with Crippen molar-refractivity contribution < 1.29 is 19.7 Å². The third-order valence-electron chi connectivity index (χ3n) is 6.38. The summed E-state index contributed by atoms with van der Waals surface area (Å²) in [5.41, 5.74) is 1.16. The van der Waals surface area contributed by atoms with Gasteiger partial charge in [0.1, 0.15) is 17.2 Å². The molecule has 0 saturated carbocycles. The first-order valence-corrected chi connectivity index (χ1v) is 12.3. The quantitative estimate of drug-likeness (QED) is 0.355. The van der Waals surface area contributed by atoms with Gasteiger partial charge in [-0.1, -0.05) is 23.2 Å². The van der Waals surface area contributed by atoms with E-state index in [0.717, 1.165) is 19.4 Å². The first-order chi connectivity index (χ1) is 17.9. The Morgan fingerprint density at radius 1 is 1.16 bits per heavy atom. The number of rotatable bonds is 7. The van der Waals surface area contributed by atoms with Crippen LogP contribution in [0.5, 0.6) is 5.88 Å². The van der Waals surface area contributed by atoms with E-state index in [9.17, 15) is 19.8 Å². The van der Waals surface area contributed by atoms with Gasteiger partial charge in [0.25, 0.3) is 0 Å². The Kier molecular flexibility index (Phi) is 7.01. The molecule has 5 rings (SSSR count). The molecule has 1 saturated heterocycles. The van der Waals surface area contributed by atoms with E-state index < -0.39 is 11.4 Å². The summed E-state index contributed by atoms with van der Waals surface area (Å²) >= 11 is 12.9. The van der Waals surface area contributed by atoms with Gasteiger partial charge >= 0.3 is 5.97 Å². The number of hydrogen-bond acceptors (Lipinski definition) is 7. The van der Waals surface area contributed by atoms with Crippen molar-refractivity contribution in [1.82, 2.24) is 14.5 Å². The minimum Gasteiger partial charge on any atom is -0.477 e. The Balaban J connectivity index is 1.59. The Morgan fingerprint density at radius 3 is 2.70 bits per heavy atom. The van der Waals surface area contributed by atoms with Gasteiger partial charge < -0.3 is 24.4 Å². The number of benzene rings is 1. The molecule has 1 aliphatic rings. The number of fused-ring (bicyclic) bond motifs is 1. The number of nitrogens with zero attached hydrogens (tertiary/aromatic N) is 4. The molecule has 0 aliphatic carbocycles. The van der Waals surface area contributed by atoms with E-state index in [-0.39, 0.29) is 23.6 Å². The molecule has 0 spiro atoms. The highest BCUT2D eigenvalue weighted by Gasteiger charge is 2.28. The third-order valence-corrected chi connectivity index (χ3v) is 6.97. The summed E-state index contributed by atoms with van der Waals surface area (Å²) in [5, 5.41) is 19.9. The number of anilines is 1. The average Bonchev–Trinajstić information content (AvgIpc) is 3.36. The summed E-state index contributed by atoms with van der Waals surface area (Å²) in [6.07, 6.45) is 6.18. The summed E-state index contributed by atoms with van der Waals surface area (Å²) in [4.78, 5) is 35.4. The molecule has 9 nitrogen and oxygen atoms in total. The summed E-state index contributed by atoms with van der Waals surface area (Å²) < 4.78 is 7.50. The zero-order valence-electron chi connectivity index (χ0n) is 19.5. The Hall–Kier alpha value is -3.66. The van der Waals surface area contributed by atoms with E-state index >= 15 is 0 Å². The lowest BCUT2D eigenvalue weighted by Gasteiger charge is -2.28. The van der Waals surface area contributed by atoms with Crippen LogP contribution >= 0.6 is 23.2 Å². The van der Waals surface area contributed by atoms with Crippen LogP contribution in [0.3, 0.4) is 0 Å². The van der Waals surface area contributed by atoms with E-state index in [1.54, 1.807) is 41.1 Å². The number of hydrogen-bond donors (Lipinski definition) is 2. The van der Waals surface area contributed by atoms with Crippen molar-refractivity contribution in [3.8, 4) is 11.6 Å². The molecule has 11 heteroatoms. The number of carbonyl (C=O) groups is 1. The summed E-state index contributed by atoms with van der Waals surface area (Å²) in [7, 11) is 0. The lowest BCUT2D eigenvalue weighted by Crippen LogP contribution is -2.34. The Morgan fingerprint density at radius 2 is 2.00 bits per heavy atom. The molecule has 0 unspecified atom stereocenters. The van der Waals surface area contributed by atoms with Crippen molar-refractivity contribution in [2.45, 2.75) is 25.5 Å². The second-order valence-electron chi connectivity index (χ2n) is 8.62. The Bertz CT molecular complexity index is 1540. The second kappa shape index (κ2) is 10.4. The Labute approximate surface area is 221 Å². The van der Waals surface area contributed by atoms with Crippen molar-refractivity contribution in [2.75, 3.05) is 18.1 Å². The highest BCUT2D eigenvalue weighted by Crippen LogP contribution is 2.36. The fourth-order valence-corrected chi connectivity index (χ4v) is 5.00. The van der Waals surface area contributed by atoms with Gasteiger partial charge in [-0.3, -0.25) is 9.78 Å². The molecule has 2 N–H and O–H groups in total. The number of carboxylic acid groups (broad SMARTS) is 1. The summed E-state index contributed by atoms with van der Waals surface area (Å²) in [6.45, 7) is 0.829. The van der Waals surface area contributed by atoms with Gasteiger partial charge in [-0.15, -0.1) is 0 Å². The number of aliphatic hydroxyl groups is 1. The van der Waals surface area contributed by atoms with Gasteiger partial charge in [-0.2, -0.15) is 0 Å². The van der Waals surface area contributed by atoms with Crippen LogP contribution in [-0.4, -0.2) is 49.9 Å². The first kappa shape index (κ1) is 25.0. The van der Waals surface area contributed by atoms with Crippen LogP contribution < -0.4 is 15.1 Å². The molecular formula is C26H22Cl2N4O5. The van der Waals surface area contributed by atoms with E-state index in [2.05, 4.69) is 14.9 Å².